The first kappa shape index (κ1) is 17.4. The lowest BCUT2D eigenvalue weighted by Crippen LogP contribution is -2.23. The minimum absolute atomic E-state index is 0.243. The molecule has 114 valence electrons. The molecule has 1 rings (SSSR count). The van der Waals surface area contributed by atoms with Crippen LogP contribution in [-0.4, -0.2) is 38.1 Å². The van der Waals surface area contributed by atoms with Crippen LogP contribution in [0.1, 0.15) is 25.3 Å². The molecule has 1 aromatic carbocycles. The van der Waals surface area contributed by atoms with Gasteiger partial charge in [0, 0.05) is 17.6 Å². The van der Waals surface area contributed by atoms with Crippen molar-refractivity contribution in [3.63, 3.8) is 0 Å². The van der Waals surface area contributed by atoms with E-state index < -0.39 is 6.10 Å². The second-order valence-electron chi connectivity index (χ2n) is 4.68. The van der Waals surface area contributed by atoms with E-state index in [9.17, 15) is 5.11 Å². The summed E-state index contributed by atoms with van der Waals surface area (Å²) < 4.78 is 12.0. The van der Waals surface area contributed by atoms with E-state index in [1.165, 1.54) is 0 Å². The summed E-state index contributed by atoms with van der Waals surface area (Å²) in [5, 5.41) is 12.9. The average Bonchev–Trinajstić information content (AvgIpc) is 2.45. The van der Waals surface area contributed by atoms with Crippen LogP contribution in [0, 0.1) is 0 Å². The van der Waals surface area contributed by atoms with Gasteiger partial charge in [-0.05, 0) is 37.2 Å². The molecule has 0 aliphatic carbocycles. The summed E-state index contributed by atoms with van der Waals surface area (Å²) in [4.78, 5) is 0. The van der Waals surface area contributed by atoms with E-state index in [-0.39, 0.29) is 6.61 Å². The van der Waals surface area contributed by atoms with Crippen molar-refractivity contribution in [2.24, 2.45) is 0 Å². The van der Waals surface area contributed by atoms with E-state index in [2.05, 4.69) is 28.2 Å². The van der Waals surface area contributed by atoms with E-state index in [1.807, 2.05) is 25.2 Å². The quantitative estimate of drug-likeness (QED) is 0.640. The molecular weight excluding hydrogens is 322 g/mol. The lowest BCUT2D eigenvalue weighted by molar-refractivity contribution is 0.0113. The third kappa shape index (κ3) is 6.70. The fourth-order valence-corrected chi connectivity index (χ4v) is 2.06. The third-order valence-electron chi connectivity index (χ3n) is 2.78. The van der Waals surface area contributed by atoms with Crippen LogP contribution in [0.2, 0.25) is 0 Å². The number of rotatable bonds is 10. The molecule has 0 aliphatic heterocycles. The van der Waals surface area contributed by atoms with Gasteiger partial charge in [-0.1, -0.05) is 29.3 Å². The summed E-state index contributed by atoms with van der Waals surface area (Å²) in [7, 11) is 1.90. The standard InChI is InChI=1S/C15H24BrNO3/c1-3-4-7-19-10-13(18)11-20-14-5-6-15(16)12(8-14)9-17-2/h5-6,8,13,17-18H,3-4,7,9-11H2,1-2H3. The highest BCUT2D eigenvalue weighted by molar-refractivity contribution is 9.10. The minimum atomic E-state index is -0.594. The molecule has 0 spiro atoms. The van der Waals surface area contributed by atoms with Gasteiger partial charge in [-0.15, -0.1) is 0 Å². The van der Waals surface area contributed by atoms with E-state index in [4.69, 9.17) is 9.47 Å². The maximum atomic E-state index is 9.77. The second-order valence-corrected chi connectivity index (χ2v) is 5.53. The Morgan fingerprint density at radius 3 is 2.85 bits per heavy atom. The molecule has 1 atom stereocenters. The number of halogens is 1. The molecule has 5 heteroatoms. The van der Waals surface area contributed by atoms with Crippen molar-refractivity contribution in [3.8, 4) is 5.75 Å². The normalized spacial score (nSPS) is 12.4. The summed E-state index contributed by atoms with van der Waals surface area (Å²) >= 11 is 3.50. The number of aliphatic hydroxyl groups is 1. The van der Waals surface area contributed by atoms with Gasteiger partial charge in [0.15, 0.2) is 0 Å². The van der Waals surface area contributed by atoms with Crippen LogP contribution < -0.4 is 10.1 Å². The Morgan fingerprint density at radius 2 is 2.15 bits per heavy atom. The molecule has 1 aromatic rings. The highest BCUT2D eigenvalue weighted by Gasteiger charge is 2.07. The number of hydrogen-bond donors (Lipinski definition) is 2. The number of unbranched alkanes of at least 4 members (excludes halogenated alkanes) is 1. The molecule has 0 aromatic heterocycles. The molecule has 0 radical (unpaired) electrons. The van der Waals surface area contributed by atoms with Gasteiger partial charge in [-0.2, -0.15) is 0 Å². The topological polar surface area (TPSA) is 50.7 Å². The first-order valence-electron chi connectivity index (χ1n) is 6.99. The van der Waals surface area contributed by atoms with Gasteiger partial charge in [0.1, 0.15) is 18.5 Å². The Balaban J connectivity index is 2.35. The molecular formula is C15H24BrNO3. The number of aliphatic hydroxyl groups excluding tert-OH is 1. The molecule has 4 nitrogen and oxygen atoms in total. The van der Waals surface area contributed by atoms with Gasteiger partial charge in [0.25, 0.3) is 0 Å². The summed E-state index contributed by atoms with van der Waals surface area (Å²) in [6.45, 7) is 4.13. The Bertz CT molecular complexity index is 387. The third-order valence-corrected chi connectivity index (χ3v) is 3.55. The monoisotopic (exact) mass is 345 g/mol. The molecule has 20 heavy (non-hydrogen) atoms. The molecule has 0 aliphatic rings. The zero-order valence-corrected chi connectivity index (χ0v) is 13.8. The molecule has 0 fully saturated rings. The van der Waals surface area contributed by atoms with Crippen molar-refractivity contribution in [2.75, 3.05) is 26.9 Å². The first-order valence-corrected chi connectivity index (χ1v) is 7.78. The molecule has 1 unspecified atom stereocenters. The number of ether oxygens (including phenoxy) is 2. The van der Waals surface area contributed by atoms with E-state index >= 15 is 0 Å². The van der Waals surface area contributed by atoms with Crippen LogP contribution >= 0.6 is 15.9 Å². The first-order chi connectivity index (χ1) is 9.67. The summed E-state index contributed by atoms with van der Waals surface area (Å²) in [5.74, 6) is 0.756. The SMILES string of the molecule is CCCCOCC(O)COc1ccc(Br)c(CNC)c1. The van der Waals surface area contributed by atoms with Crippen molar-refractivity contribution >= 4 is 15.9 Å². The second kappa shape index (κ2) is 10.2. The zero-order valence-electron chi connectivity index (χ0n) is 12.2. The van der Waals surface area contributed by atoms with Crippen molar-refractivity contribution in [1.29, 1.82) is 0 Å². The highest BCUT2D eigenvalue weighted by Crippen LogP contribution is 2.22. The fourth-order valence-electron chi connectivity index (χ4n) is 1.67. The van der Waals surface area contributed by atoms with Crippen molar-refractivity contribution in [1.82, 2.24) is 5.32 Å². The van der Waals surface area contributed by atoms with E-state index in [0.29, 0.717) is 13.2 Å². The molecule has 0 bridgehead atoms. The number of hydrogen-bond acceptors (Lipinski definition) is 4. The average molecular weight is 346 g/mol. The Hall–Kier alpha value is -0.620. The van der Waals surface area contributed by atoms with Gasteiger partial charge in [-0.3, -0.25) is 0 Å². The summed E-state index contributed by atoms with van der Waals surface area (Å²) in [5.41, 5.74) is 1.12. The van der Waals surface area contributed by atoms with E-state index in [1.54, 1.807) is 0 Å². The summed E-state index contributed by atoms with van der Waals surface area (Å²) in [6.07, 6.45) is 1.52. The van der Waals surface area contributed by atoms with Crippen LogP contribution in [-0.2, 0) is 11.3 Å². The molecule has 0 heterocycles. The van der Waals surface area contributed by atoms with Crippen molar-refractivity contribution in [3.05, 3.63) is 28.2 Å². The molecule has 0 saturated carbocycles. The zero-order chi connectivity index (χ0) is 14.8. The number of benzene rings is 1. The van der Waals surface area contributed by atoms with Crippen LogP contribution in [0.4, 0.5) is 0 Å². The fraction of sp³-hybridized carbons (Fsp3) is 0.600. The minimum Gasteiger partial charge on any atom is -0.491 e. The molecule has 0 amide bonds. The smallest absolute Gasteiger partial charge is 0.119 e. The van der Waals surface area contributed by atoms with Crippen molar-refractivity contribution < 1.29 is 14.6 Å². The maximum absolute atomic E-state index is 9.77. The van der Waals surface area contributed by atoms with Crippen LogP contribution in [0.5, 0.6) is 5.75 Å². The van der Waals surface area contributed by atoms with Crippen LogP contribution in [0.15, 0.2) is 22.7 Å². The van der Waals surface area contributed by atoms with E-state index in [0.717, 1.165) is 35.2 Å². The Morgan fingerprint density at radius 1 is 1.35 bits per heavy atom. The molecule has 0 saturated heterocycles. The van der Waals surface area contributed by atoms with Gasteiger partial charge < -0.3 is 19.9 Å². The lowest BCUT2D eigenvalue weighted by Gasteiger charge is -2.14. The van der Waals surface area contributed by atoms with Crippen LogP contribution in [0.3, 0.4) is 0 Å². The van der Waals surface area contributed by atoms with Gasteiger partial charge in [0.2, 0.25) is 0 Å². The lowest BCUT2D eigenvalue weighted by atomic mass is 10.2. The van der Waals surface area contributed by atoms with Crippen LogP contribution in [0.25, 0.3) is 0 Å². The van der Waals surface area contributed by atoms with Gasteiger partial charge >= 0.3 is 0 Å². The van der Waals surface area contributed by atoms with Gasteiger partial charge in [-0.25, -0.2) is 0 Å². The van der Waals surface area contributed by atoms with Gasteiger partial charge in [0.05, 0.1) is 6.61 Å². The predicted molar refractivity (Wildman–Crippen MR) is 84.1 cm³/mol. The largest absolute Gasteiger partial charge is 0.491 e. The Kier molecular flexibility index (Phi) is 8.85. The highest BCUT2D eigenvalue weighted by atomic mass is 79.9. The Labute approximate surface area is 129 Å². The summed E-state index contributed by atoms with van der Waals surface area (Å²) in [6, 6.07) is 5.80. The predicted octanol–water partition coefficient (Wildman–Crippen LogP) is 2.72. The molecule has 2 N–H and O–H groups in total. The number of nitrogens with one attached hydrogen (secondary N) is 1. The maximum Gasteiger partial charge on any atom is 0.119 e. The van der Waals surface area contributed by atoms with Crippen molar-refractivity contribution in [2.45, 2.75) is 32.4 Å².